The minimum Gasteiger partial charge on any atom is -0.463 e. The number of esters is 1. The van der Waals surface area contributed by atoms with Gasteiger partial charge in [0.1, 0.15) is 17.0 Å². The molecule has 0 radical (unpaired) electrons. The third-order valence-electron chi connectivity index (χ3n) is 4.53. The van der Waals surface area contributed by atoms with Gasteiger partial charge < -0.3 is 19.1 Å². The molecule has 0 atom stereocenters. The quantitative estimate of drug-likeness (QED) is 0.563. The molecular formula is C21H21F3N2O6S. The molecule has 0 saturated carbocycles. The molecule has 1 fully saturated rings. The van der Waals surface area contributed by atoms with Crippen molar-refractivity contribution in [1.82, 2.24) is 9.47 Å². The van der Waals surface area contributed by atoms with Crippen molar-refractivity contribution in [3.8, 4) is 5.75 Å². The molecule has 8 nitrogen and oxygen atoms in total. The zero-order valence-electron chi connectivity index (χ0n) is 17.6. The Morgan fingerprint density at radius 1 is 1.18 bits per heavy atom. The number of alkyl halides is 3. The van der Waals surface area contributed by atoms with Gasteiger partial charge in [-0.3, -0.25) is 14.2 Å². The summed E-state index contributed by atoms with van der Waals surface area (Å²) < 4.78 is 52.6. The van der Waals surface area contributed by atoms with Crippen molar-refractivity contribution in [2.75, 3.05) is 32.9 Å². The zero-order chi connectivity index (χ0) is 24.0. The van der Waals surface area contributed by atoms with Crippen LogP contribution in [0.3, 0.4) is 0 Å². The second-order valence-electron chi connectivity index (χ2n) is 6.85. The van der Waals surface area contributed by atoms with Crippen molar-refractivity contribution in [3.63, 3.8) is 0 Å². The number of hydrogen-bond acceptors (Lipinski definition) is 7. The van der Waals surface area contributed by atoms with Gasteiger partial charge in [0.05, 0.1) is 30.4 Å². The largest absolute Gasteiger partial charge is 0.573 e. The maximum atomic E-state index is 13.0. The molecule has 1 saturated heterocycles. The Morgan fingerprint density at radius 3 is 2.45 bits per heavy atom. The topological polar surface area (TPSA) is 87.1 Å². The molecule has 0 spiro atoms. The van der Waals surface area contributed by atoms with E-state index in [1.807, 2.05) is 0 Å². The van der Waals surface area contributed by atoms with E-state index in [0.717, 1.165) is 29.5 Å². The summed E-state index contributed by atoms with van der Waals surface area (Å²) in [7, 11) is 0. The average molecular weight is 486 g/mol. The maximum absolute atomic E-state index is 13.0. The van der Waals surface area contributed by atoms with Gasteiger partial charge >= 0.3 is 12.3 Å². The predicted molar refractivity (Wildman–Crippen MR) is 113 cm³/mol. The van der Waals surface area contributed by atoms with Crippen molar-refractivity contribution < 1.29 is 37.0 Å². The molecule has 1 aliphatic rings. The minimum atomic E-state index is -4.81. The molecule has 178 valence electrons. The second kappa shape index (κ2) is 10.7. The van der Waals surface area contributed by atoms with E-state index >= 15 is 0 Å². The first kappa shape index (κ1) is 24.5. The van der Waals surface area contributed by atoms with E-state index in [2.05, 4.69) is 4.74 Å². The van der Waals surface area contributed by atoms with Crippen LogP contribution in [-0.2, 0) is 25.6 Å². The summed E-state index contributed by atoms with van der Waals surface area (Å²) >= 11 is 0.970. The molecule has 1 amide bonds. The van der Waals surface area contributed by atoms with E-state index in [4.69, 9.17) is 9.47 Å². The van der Waals surface area contributed by atoms with Crippen LogP contribution in [0.2, 0.25) is 0 Å². The molecule has 1 aromatic heterocycles. The SMILES string of the molecule is CCOC(=O)C=c1sc(=Cc2ccc(OC(F)(F)F)cc2)c(=O)n1CC(=O)N1CCOCC1. The minimum absolute atomic E-state index is 0.142. The lowest BCUT2D eigenvalue weighted by atomic mass is 10.2. The highest BCUT2D eigenvalue weighted by atomic mass is 32.1. The molecule has 33 heavy (non-hydrogen) atoms. The summed E-state index contributed by atoms with van der Waals surface area (Å²) in [5.41, 5.74) is -0.0648. The van der Waals surface area contributed by atoms with E-state index in [-0.39, 0.29) is 28.3 Å². The van der Waals surface area contributed by atoms with Crippen LogP contribution in [0.4, 0.5) is 13.2 Å². The van der Waals surface area contributed by atoms with Crippen molar-refractivity contribution >= 4 is 35.4 Å². The lowest BCUT2D eigenvalue weighted by Crippen LogP contribution is -2.45. The monoisotopic (exact) mass is 486 g/mol. The highest BCUT2D eigenvalue weighted by Crippen LogP contribution is 2.22. The zero-order valence-corrected chi connectivity index (χ0v) is 18.4. The average Bonchev–Trinajstić information content (AvgIpc) is 3.03. The van der Waals surface area contributed by atoms with Gasteiger partial charge in [-0.1, -0.05) is 12.1 Å². The smallest absolute Gasteiger partial charge is 0.463 e. The predicted octanol–water partition coefficient (Wildman–Crippen LogP) is 0.840. The number of nitrogens with zero attached hydrogens (tertiary/aromatic N) is 2. The number of hydrogen-bond donors (Lipinski definition) is 0. The highest BCUT2D eigenvalue weighted by Gasteiger charge is 2.30. The van der Waals surface area contributed by atoms with Crippen LogP contribution in [0.5, 0.6) is 5.75 Å². The Kier molecular flexibility index (Phi) is 7.92. The summed E-state index contributed by atoms with van der Waals surface area (Å²) in [5, 5.41) is 0. The Bertz CT molecular complexity index is 1160. The molecule has 1 aromatic carbocycles. The Hall–Kier alpha value is -3.12. The number of ether oxygens (including phenoxy) is 3. The van der Waals surface area contributed by atoms with Crippen LogP contribution in [0, 0.1) is 0 Å². The molecule has 3 rings (SSSR count). The van der Waals surface area contributed by atoms with Gasteiger partial charge in [-0.25, -0.2) is 4.79 Å². The second-order valence-corrected chi connectivity index (χ2v) is 7.91. The van der Waals surface area contributed by atoms with Gasteiger partial charge in [-0.05, 0) is 30.7 Å². The third kappa shape index (κ3) is 6.93. The summed E-state index contributed by atoms with van der Waals surface area (Å²) in [6, 6.07) is 4.97. The molecule has 0 unspecified atom stereocenters. The van der Waals surface area contributed by atoms with Gasteiger partial charge in [0.25, 0.3) is 5.56 Å². The Labute approximate surface area is 190 Å². The van der Waals surface area contributed by atoms with E-state index < -0.39 is 23.6 Å². The van der Waals surface area contributed by atoms with Crippen LogP contribution in [0.15, 0.2) is 29.1 Å². The number of carbonyl (C=O) groups excluding carboxylic acids is 2. The molecular weight excluding hydrogens is 465 g/mol. The van der Waals surface area contributed by atoms with Crippen LogP contribution < -0.4 is 19.5 Å². The number of amides is 1. The van der Waals surface area contributed by atoms with Crippen LogP contribution in [0.25, 0.3) is 12.2 Å². The molecule has 12 heteroatoms. The fraction of sp³-hybridized carbons (Fsp3) is 0.381. The fourth-order valence-electron chi connectivity index (χ4n) is 3.04. The number of morpholine rings is 1. The molecule has 1 aliphatic heterocycles. The molecule has 2 aromatic rings. The van der Waals surface area contributed by atoms with Gasteiger partial charge in [0.2, 0.25) is 5.91 Å². The first-order valence-electron chi connectivity index (χ1n) is 9.97. The summed E-state index contributed by atoms with van der Waals surface area (Å²) in [4.78, 5) is 39.2. The van der Waals surface area contributed by atoms with Gasteiger partial charge in [-0.15, -0.1) is 24.5 Å². The van der Waals surface area contributed by atoms with Crippen LogP contribution in [0.1, 0.15) is 12.5 Å². The van der Waals surface area contributed by atoms with Gasteiger partial charge in [0.15, 0.2) is 0 Å². The lowest BCUT2D eigenvalue weighted by molar-refractivity contribution is -0.274. The Morgan fingerprint density at radius 2 is 1.85 bits per heavy atom. The van der Waals surface area contributed by atoms with Crippen molar-refractivity contribution in [3.05, 3.63) is 49.4 Å². The number of halogens is 3. The van der Waals surface area contributed by atoms with E-state index in [1.165, 1.54) is 22.8 Å². The number of carbonyl (C=O) groups is 2. The number of rotatable bonds is 6. The summed E-state index contributed by atoms with van der Waals surface area (Å²) in [6.45, 7) is 3.12. The van der Waals surface area contributed by atoms with Gasteiger partial charge in [0, 0.05) is 13.1 Å². The van der Waals surface area contributed by atoms with Crippen molar-refractivity contribution in [2.45, 2.75) is 19.8 Å². The standard InChI is InChI=1S/C21H21F3N2O6S/c1-2-31-19(28)12-18-26(13-17(27)25-7-9-30-10-8-25)20(29)16(33-18)11-14-3-5-15(6-4-14)32-21(22,23)24/h3-6,11-12H,2,7-10,13H2,1H3. The van der Waals surface area contributed by atoms with Gasteiger partial charge in [-0.2, -0.15) is 0 Å². The number of aromatic nitrogens is 1. The van der Waals surface area contributed by atoms with Crippen LogP contribution >= 0.6 is 11.3 Å². The van der Waals surface area contributed by atoms with Crippen molar-refractivity contribution in [2.24, 2.45) is 0 Å². The number of benzene rings is 1. The number of thiazole rings is 1. The van der Waals surface area contributed by atoms with E-state index in [0.29, 0.717) is 31.9 Å². The fourth-order valence-corrected chi connectivity index (χ4v) is 4.07. The van der Waals surface area contributed by atoms with Crippen LogP contribution in [-0.4, -0.2) is 60.6 Å². The summed E-state index contributed by atoms with van der Waals surface area (Å²) in [6.07, 6.45) is -2.21. The first-order chi connectivity index (χ1) is 15.7. The summed E-state index contributed by atoms with van der Waals surface area (Å²) in [5.74, 6) is -1.35. The molecule has 0 aliphatic carbocycles. The Balaban J connectivity index is 1.96. The lowest BCUT2D eigenvalue weighted by Gasteiger charge is -2.26. The third-order valence-corrected chi connectivity index (χ3v) is 5.59. The first-order valence-corrected chi connectivity index (χ1v) is 10.8. The van der Waals surface area contributed by atoms with E-state index in [1.54, 1.807) is 11.8 Å². The molecule has 0 N–H and O–H groups in total. The van der Waals surface area contributed by atoms with Crippen molar-refractivity contribution in [1.29, 1.82) is 0 Å². The van der Waals surface area contributed by atoms with E-state index in [9.17, 15) is 27.6 Å². The maximum Gasteiger partial charge on any atom is 0.573 e. The normalized spacial score (nSPS) is 15.6. The molecule has 0 bridgehead atoms. The molecule has 2 heterocycles. The highest BCUT2D eigenvalue weighted by molar-refractivity contribution is 7.07.